The van der Waals surface area contributed by atoms with Crippen molar-refractivity contribution in [2.24, 2.45) is 0 Å². The number of aliphatic carboxylic acids is 1. The Balaban J connectivity index is 0.000000325. The van der Waals surface area contributed by atoms with Crippen LogP contribution < -0.4 is 0 Å². The zero-order valence-corrected chi connectivity index (χ0v) is 7.79. The van der Waals surface area contributed by atoms with Gasteiger partial charge in [-0.15, -0.1) is 0 Å². The fraction of sp³-hybridized carbons (Fsp3) is 0.286. The van der Waals surface area contributed by atoms with Crippen LogP contribution in [0.4, 0.5) is 22.0 Å². The molecule has 2 N–H and O–H groups in total. The molecule has 0 bridgehead atoms. The number of rotatable bonds is 1. The van der Waals surface area contributed by atoms with Crippen molar-refractivity contribution in [2.45, 2.75) is 12.6 Å². The highest BCUT2D eigenvalue weighted by Gasteiger charge is 2.38. The van der Waals surface area contributed by atoms with E-state index in [2.05, 4.69) is 5.10 Å². The van der Waals surface area contributed by atoms with Gasteiger partial charge in [0.15, 0.2) is 5.69 Å². The predicted molar refractivity (Wildman–Crippen MR) is 42.0 cm³/mol. The molecule has 0 spiro atoms. The Labute approximate surface area is 90.5 Å². The van der Waals surface area contributed by atoms with Crippen LogP contribution in [-0.4, -0.2) is 27.4 Å². The number of aromatic nitrogens is 2. The van der Waals surface area contributed by atoms with Crippen molar-refractivity contribution in [1.29, 1.82) is 5.26 Å². The SMILES string of the molecule is N#Cc1cc(C(F)F)[nH]n1.O=C(O)C(F)(F)F. The van der Waals surface area contributed by atoms with Gasteiger partial charge in [-0.1, -0.05) is 0 Å². The maximum Gasteiger partial charge on any atom is 0.490 e. The highest BCUT2D eigenvalue weighted by molar-refractivity contribution is 5.73. The first kappa shape index (κ1) is 14.8. The first-order valence-electron chi connectivity index (χ1n) is 3.72. The maximum absolute atomic E-state index is 11.7. The highest BCUT2D eigenvalue weighted by Crippen LogP contribution is 2.15. The normalized spacial score (nSPS) is 10.4. The van der Waals surface area contributed by atoms with Crippen LogP contribution in [0.15, 0.2) is 6.07 Å². The van der Waals surface area contributed by atoms with E-state index in [4.69, 9.17) is 15.2 Å². The van der Waals surface area contributed by atoms with Crippen LogP contribution >= 0.6 is 0 Å². The van der Waals surface area contributed by atoms with Crippen molar-refractivity contribution in [3.63, 3.8) is 0 Å². The molecule has 1 rings (SSSR count). The lowest BCUT2D eigenvalue weighted by molar-refractivity contribution is -0.192. The van der Waals surface area contributed by atoms with Crippen LogP contribution in [0, 0.1) is 11.3 Å². The van der Waals surface area contributed by atoms with Gasteiger partial charge in [0.25, 0.3) is 6.43 Å². The molecule has 5 nitrogen and oxygen atoms in total. The molecule has 0 aliphatic carbocycles. The summed E-state index contributed by atoms with van der Waals surface area (Å²) in [5.41, 5.74) is -0.341. The number of carboxylic acids is 1. The molecule has 17 heavy (non-hydrogen) atoms. The number of nitrogens with one attached hydrogen (secondary N) is 1. The highest BCUT2D eigenvalue weighted by atomic mass is 19.4. The summed E-state index contributed by atoms with van der Waals surface area (Å²) in [6.07, 6.45) is -7.67. The minimum Gasteiger partial charge on any atom is -0.475 e. The van der Waals surface area contributed by atoms with Gasteiger partial charge in [-0.25, -0.2) is 13.6 Å². The van der Waals surface area contributed by atoms with E-state index in [0.717, 1.165) is 6.07 Å². The van der Waals surface area contributed by atoms with Gasteiger partial charge in [0.05, 0.1) is 0 Å². The molecule has 1 aromatic heterocycles. The molecule has 1 aromatic rings. The number of carbonyl (C=O) groups is 1. The molecule has 0 amide bonds. The molecule has 94 valence electrons. The minimum atomic E-state index is -5.08. The number of nitriles is 1. The molecule has 0 radical (unpaired) electrons. The van der Waals surface area contributed by atoms with Crippen molar-refractivity contribution in [2.75, 3.05) is 0 Å². The summed E-state index contributed by atoms with van der Waals surface area (Å²) in [6.45, 7) is 0. The van der Waals surface area contributed by atoms with E-state index in [1.165, 1.54) is 0 Å². The van der Waals surface area contributed by atoms with Gasteiger partial charge in [-0.05, 0) is 0 Å². The second kappa shape index (κ2) is 5.78. The number of aromatic amines is 1. The molecule has 0 fully saturated rings. The van der Waals surface area contributed by atoms with Gasteiger partial charge in [-0.2, -0.15) is 23.5 Å². The van der Waals surface area contributed by atoms with E-state index < -0.39 is 18.6 Å². The number of halogens is 5. The minimum absolute atomic E-state index is 0.0182. The summed E-state index contributed by atoms with van der Waals surface area (Å²) in [5.74, 6) is -2.76. The molecule has 10 heteroatoms. The molecule has 1 heterocycles. The molecule has 0 atom stereocenters. The average Bonchev–Trinajstić information content (AvgIpc) is 2.65. The van der Waals surface area contributed by atoms with Crippen LogP contribution in [0.3, 0.4) is 0 Å². The summed E-state index contributed by atoms with van der Waals surface area (Å²) in [7, 11) is 0. The molecule has 0 unspecified atom stereocenters. The molecule has 0 aromatic carbocycles. The van der Waals surface area contributed by atoms with Crippen molar-refractivity contribution < 1.29 is 31.9 Å². The average molecular weight is 257 g/mol. The summed E-state index contributed by atoms with van der Waals surface area (Å²) in [5, 5.41) is 20.6. The zero-order chi connectivity index (χ0) is 13.6. The molecular weight excluding hydrogens is 253 g/mol. The van der Waals surface area contributed by atoms with Crippen LogP contribution in [0.5, 0.6) is 0 Å². The summed E-state index contributed by atoms with van der Waals surface area (Å²) >= 11 is 0. The maximum atomic E-state index is 11.7. The van der Waals surface area contributed by atoms with E-state index in [1.54, 1.807) is 6.07 Å². The van der Waals surface area contributed by atoms with E-state index in [-0.39, 0.29) is 11.4 Å². The molecule has 0 aliphatic rings. The number of carboxylic acid groups (broad SMARTS) is 1. The zero-order valence-electron chi connectivity index (χ0n) is 7.79. The number of hydrogen-bond donors (Lipinski definition) is 2. The summed E-state index contributed by atoms with van der Waals surface area (Å²) < 4.78 is 55.2. The Hall–Kier alpha value is -2.18. The van der Waals surface area contributed by atoms with E-state index in [0.29, 0.717) is 0 Å². The van der Waals surface area contributed by atoms with Crippen LogP contribution in [0.2, 0.25) is 0 Å². The molecule has 0 saturated heterocycles. The van der Waals surface area contributed by atoms with Crippen molar-refractivity contribution in [1.82, 2.24) is 10.2 Å². The van der Waals surface area contributed by atoms with E-state index in [1.807, 2.05) is 5.10 Å². The molecule has 0 aliphatic heterocycles. The standard InChI is InChI=1S/C5H3F2N3.C2HF3O2/c6-5(7)4-1-3(2-8)9-10-4;3-2(4,5)1(6)7/h1,5H,(H,9,10);(H,6,7). The quantitative estimate of drug-likeness (QED) is 0.751. The largest absolute Gasteiger partial charge is 0.490 e. The Morgan fingerprint density at radius 2 is 2.00 bits per heavy atom. The van der Waals surface area contributed by atoms with Gasteiger partial charge in [0.2, 0.25) is 0 Å². The third kappa shape index (κ3) is 5.45. The smallest absolute Gasteiger partial charge is 0.475 e. The third-order valence-electron chi connectivity index (χ3n) is 1.19. The van der Waals surface area contributed by atoms with Gasteiger partial charge < -0.3 is 5.11 Å². The predicted octanol–water partition coefficient (Wildman–Crippen LogP) is 1.85. The Morgan fingerprint density at radius 1 is 1.53 bits per heavy atom. The number of H-pyrrole nitrogens is 1. The monoisotopic (exact) mass is 257 g/mol. The lowest BCUT2D eigenvalue weighted by Crippen LogP contribution is -2.21. The van der Waals surface area contributed by atoms with Gasteiger partial charge in [0.1, 0.15) is 11.8 Å². The van der Waals surface area contributed by atoms with Crippen LogP contribution in [0.1, 0.15) is 17.8 Å². The Morgan fingerprint density at radius 3 is 2.18 bits per heavy atom. The number of alkyl halides is 5. The second-order valence-electron chi connectivity index (χ2n) is 2.42. The van der Waals surface area contributed by atoms with Crippen molar-refractivity contribution in [3.05, 3.63) is 17.5 Å². The van der Waals surface area contributed by atoms with Gasteiger partial charge in [0, 0.05) is 6.07 Å². The van der Waals surface area contributed by atoms with Gasteiger partial charge >= 0.3 is 12.1 Å². The second-order valence-corrected chi connectivity index (χ2v) is 2.42. The van der Waals surface area contributed by atoms with Gasteiger partial charge in [-0.3, -0.25) is 5.10 Å². The number of nitrogens with zero attached hydrogens (tertiary/aromatic N) is 2. The van der Waals surface area contributed by atoms with Crippen molar-refractivity contribution in [3.8, 4) is 6.07 Å². The van der Waals surface area contributed by atoms with E-state index in [9.17, 15) is 22.0 Å². The topological polar surface area (TPSA) is 89.8 Å². The lowest BCUT2D eigenvalue weighted by Gasteiger charge is -1.93. The third-order valence-corrected chi connectivity index (χ3v) is 1.19. The first-order valence-corrected chi connectivity index (χ1v) is 3.72. The van der Waals surface area contributed by atoms with E-state index >= 15 is 0 Å². The first-order chi connectivity index (χ1) is 7.68. The fourth-order valence-corrected chi connectivity index (χ4v) is 0.506. The van der Waals surface area contributed by atoms with Crippen molar-refractivity contribution >= 4 is 5.97 Å². The Bertz CT molecular complexity index is 420. The fourth-order valence-electron chi connectivity index (χ4n) is 0.506. The lowest BCUT2D eigenvalue weighted by atomic mass is 10.4. The molecular formula is C7H4F5N3O2. The summed E-state index contributed by atoms with van der Waals surface area (Å²) in [6, 6.07) is 2.65. The van der Waals surface area contributed by atoms with Crippen LogP contribution in [0.25, 0.3) is 0 Å². The summed E-state index contributed by atoms with van der Waals surface area (Å²) in [4.78, 5) is 8.90. The molecule has 0 saturated carbocycles. The van der Waals surface area contributed by atoms with Crippen LogP contribution in [-0.2, 0) is 4.79 Å². The Kier molecular flexibility index (Phi) is 5.04. The number of hydrogen-bond acceptors (Lipinski definition) is 3.